The van der Waals surface area contributed by atoms with E-state index >= 15 is 0 Å². The van der Waals surface area contributed by atoms with Crippen LogP contribution in [0.1, 0.15) is 16.9 Å². The van der Waals surface area contributed by atoms with Gasteiger partial charge in [0, 0.05) is 0 Å². The van der Waals surface area contributed by atoms with Gasteiger partial charge in [0.2, 0.25) is 0 Å². The number of nitrogens with zero attached hydrogens (tertiary/aromatic N) is 1. The number of hydrogen-bond donors (Lipinski definition) is 0. The molecule has 3 nitrogen and oxygen atoms in total. The summed E-state index contributed by atoms with van der Waals surface area (Å²) in [5.74, 6) is 0.808. The molecule has 98 valence electrons. The van der Waals surface area contributed by atoms with Crippen molar-refractivity contribution in [2.75, 3.05) is 0 Å². The molecule has 0 saturated carbocycles. The van der Waals surface area contributed by atoms with E-state index in [1.165, 1.54) is 0 Å². The Morgan fingerprint density at radius 1 is 0.950 bits per heavy atom. The van der Waals surface area contributed by atoms with Crippen molar-refractivity contribution in [3.05, 3.63) is 71.7 Å². The standard InChI is InChI=1S/C17H13NO2/c18-10-13-7-8-14(17-6-2-1-5-16(13)17)11-19-12-15-4-3-9-20-15/h1-9H,11-12H2. The van der Waals surface area contributed by atoms with Crippen molar-refractivity contribution in [1.29, 1.82) is 5.26 Å². The van der Waals surface area contributed by atoms with Crippen molar-refractivity contribution >= 4 is 10.8 Å². The molecule has 0 N–H and O–H groups in total. The lowest BCUT2D eigenvalue weighted by Gasteiger charge is -2.08. The molecule has 20 heavy (non-hydrogen) atoms. The van der Waals surface area contributed by atoms with E-state index in [0.717, 1.165) is 22.1 Å². The van der Waals surface area contributed by atoms with Crippen LogP contribution in [0.3, 0.4) is 0 Å². The van der Waals surface area contributed by atoms with E-state index in [2.05, 4.69) is 6.07 Å². The first-order chi connectivity index (χ1) is 9.88. The van der Waals surface area contributed by atoms with Gasteiger partial charge in [-0.15, -0.1) is 0 Å². The van der Waals surface area contributed by atoms with E-state index in [4.69, 9.17) is 14.4 Å². The summed E-state index contributed by atoms with van der Waals surface area (Å²) in [6.07, 6.45) is 1.63. The lowest BCUT2D eigenvalue weighted by molar-refractivity contribution is 0.0937. The van der Waals surface area contributed by atoms with Gasteiger partial charge in [0.15, 0.2) is 0 Å². The number of fused-ring (bicyclic) bond motifs is 1. The van der Waals surface area contributed by atoms with Gasteiger partial charge in [-0.25, -0.2) is 0 Å². The van der Waals surface area contributed by atoms with E-state index in [9.17, 15) is 0 Å². The van der Waals surface area contributed by atoms with Crippen LogP contribution in [-0.2, 0) is 18.0 Å². The van der Waals surface area contributed by atoms with Gasteiger partial charge in [-0.1, -0.05) is 30.3 Å². The first-order valence-corrected chi connectivity index (χ1v) is 6.39. The Bertz CT molecular complexity index is 754. The minimum atomic E-state index is 0.446. The fourth-order valence-corrected chi connectivity index (χ4v) is 2.24. The minimum absolute atomic E-state index is 0.446. The Kier molecular flexibility index (Phi) is 3.49. The fraction of sp³-hybridized carbons (Fsp3) is 0.118. The summed E-state index contributed by atoms with van der Waals surface area (Å²) >= 11 is 0. The third kappa shape index (κ3) is 2.42. The molecule has 0 aliphatic rings. The van der Waals surface area contributed by atoms with Crippen LogP contribution in [0.2, 0.25) is 0 Å². The second-order valence-electron chi connectivity index (χ2n) is 4.50. The summed E-state index contributed by atoms with van der Waals surface area (Å²) in [5, 5.41) is 11.2. The highest BCUT2D eigenvalue weighted by Gasteiger charge is 2.05. The second-order valence-corrected chi connectivity index (χ2v) is 4.50. The van der Waals surface area contributed by atoms with Gasteiger partial charge in [-0.3, -0.25) is 0 Å². The highest BCUT2D eigenvalue weighted by Crippen LogP contribution is 2.23. The predicted molar refractivity (Wildman–Crippen MR) is 75.9 cm³/mol. The van der Waals surface area contributed by atoms with Crippen LogP contribution < -0.4 is 0 Å². The average molecular weight is 263 g/mol. The number of rotatable bonds is 4. The van der Waals surface area contributed by atoms with Crippen LogP contribution in [0.25, 0.3) is 10.8 Å². The minimum Gasteiger partial charge on any atom is -0.467 e. The van der Waals surface area contributed by atoms with Crippen LogP contribution in [0.5, 0.6) is 0 Å². The van der Waals surface area contributed by atoms with Crippen LogP contribution >= 0.6 is 0 Å². The molecule has 1 aromatic heterocycles. The lowest BCUT2D eigenvalue weighted by Crippen LogP contribution is -1.95. The molecule has 0 aliphatic carbocycles. The number of hydrogen-bond acceptors (Lipinski definition) is 3. The first kappa shape index (κ1) is 12.5. The Labute approximate surface area is 117 Å². The lowest BCUT2D eigenvalue weighted by atomic mass is 10.0. The fourth-order valence-electron chi connectivity index (χ4n) is 2.24. The van der Waals surface area contributed by atoms with Gasteiger partial charge in [0.05, 0.1) is 24.5 Å². The molecule has 2 aromatic carbocycles. The molecule has 0 amide bonds. The molecular formula is C17H13NO2. The third-order valence-electron chi connectivity index (χ3n) is 3.22. The van der Waals surface area contributed by atoms with Gasteiger partial charge in [0.25, 0.3) is 0 Å². The Balaban J connectivity index is 1.83. The molecule has 0 fully saturated rings. The number of benzene rings is 2. The highest BCUT2D eigenvalue weighted by atomic mass is 16.5. The van der Waals surface area contributed by atoms with E-state index in [1.54, 1.807) is 6.26 Å². The largest absolute Gasteiger partial charge is 0.467 e. The SMILES string of the molecule is N#Cc1ccc(COCc2ccco2)c2ccccc12. The van der Waals surface area contributed by atoms with Gasteiger partial charge in [-0.05, 0) is 34.5 Å². The number of furan rings is 1. The maximum absolute atomic E-state index is 9.13. The Hall–Kier alpha value is -2.57. The number of ether oxygens (including phenoxy) is 1. The summed E-state index contributed by atoms with van der Waals surface area (Å²) < 4.78 is 10.9. The van der Waals surface area contributed by atoms with E-state index in [1.807, 2.05) is 48.5 Å². The van der Waals surface area contributed by atoms with E-state index in [-0.39, 0.29) is 0 Å². The maximum Gasteiger partial charge on any atom is 0.129 e. The quantitative estimate of drug-likeness (QED) is 0.714. The van der Waals surface area contributed by atoms with Crippen molar-refractivity contribution in [1.82, 2.24) is 0 Å². The summed E-state index contributed by atoms with van der Waals surface area (Å²) in [6.45, 7) is 0.939. The zero-order valence-corrected chi connectivity index (χ0v) is 10.9. The predicted octanol–water partition coefficient (Wildman–Crippen LogP) is 4.02. The van der Waals surface area contributed by atoms with Gasteiger partial charge in [-0.2, -0.15) is 5.26 Å². The Morgan fingerprint density at radius 3 is 2.55 bits per heavy atom. The zero-order chi connectivity index (χ0) is 13.8. The summed E-state index contributed by atoms with van der Waals surface area (Å²) in [7, 11) is 0. The molecule has 0 radical (unpaired) electrons. The Morgan fingerprint density at radius 2 is 1.80 bits per heavy atom. The second kappa shape index (κ2) is 5.60. The van der Waals surface area contributed by atoms with Crippen molar-refractivity contribution in [2.24, 2.45) is 0 Å². The normalized spacial score (nSPS) is 10.6. The van der Waals surface area contributed by atoms with Gasteiger partial charge >= 0.3 is 0 Å². The molecule has 0 atom stereocenters. The summed E-state index contributed by atoms with van der Waals surface area (Å²) in [6, 6.07) is 17.6. The third-order valence-corrected chi connectivity index (χ3v) is 3.22. The molecule has 0 saturated heterocycles. The van der Waals surface area contributed by atoms with Crippen LogP contribution in [0.15, 0.2) is 59.2 Å². The molecular weight excluding hydrogens is 250 g/mol. The van der Waals surface area contributed by atoms with Crippen LogP contribution in [-0.4, -0.2) is 0 Å². The van der Waals surface area contributed by atoms with Gasteiger partial charge in [0.1, 0.15) is 12.4 Å². The van der Waals surface area contributed by atoms with Crippen LogP contribution in [0.4, 0.5) is 0 Å². The zero-order valence-electron chi connectivity index (χ0n) is 10.9. The molecule has 3 heteroatoms. The average Bonchev–Trinajstić information content (AvgIpc) is 3.01. The molecule has 0 aliphatic heterocycles. The van der Waals surface area contributed by atoms with Crippen molar-refractivity contribution in [3.8, 4) is 6.07 Å². The van der Waals surface area contributed by atoms with E-state index in [0.29, 0.717) is 18.8 Å². The monoisotopic (exact) mass is 263 g/mol. The topological polar surface area (TPSA) is 46.2 Å². The van der Waals surface area contributed by atoms with Crippen molar-refractivity contribution in [2.45, 2.75) is 13.2 Å². The van der Waals surface area contributed by atoms with Crippen LogP contribution in [0, 0.1) is 11.3 Å². The summed E-state index contributed by atoms with van der Waals surface area (Å²) in [4.78, 5) is 0. The van der Waals surface area contributed by atoms with E-state index < -0.39 is 0 Å². The van der Waals surface area contributed by atoms with Gasteiger partial charge < -0.3 is 9.15 Å². The maximum atomic E-state index is 9.13. The molecule has 3 aromatic rings. The van der Waals surface area contributed by atoms with Crippen molar-refractivity contribution in [3.63, 3.8) is 0 Å². The molecule has 1 heterocycles. The first-order valence-electron chi connectivity index (χ1n) is 6.39. The molecule has 0 unspecified atom stereocenters. The summed E-state index contributed by atoms with van der Waals surface area (Å²) in [5.41, 5.74) is 1.77. The molecule has 0 spiro atoms. The molecule has 0 bridgehead atoms. The number of nitriles is 1. The van der Waals surface area contributed by atoms with Crippen molar-refractivity contribution < 1.29 is 9.15 Å². The highest BCUT2D eigenvalue weighted by molar-refractivity contribution is 5.90. The molecule has 3 rings (SSSR count). The smallest absolute Gasteiger partial charge is 0.129 e.